The molecule has 0 fully saturated rings. The summed E-state index contributed by atoms with van der Waals surface area (Å²) in [4.78, 5) is 15.2. The van der Waals surface area contributed by atoms with E-state index in [1.165, 1.54) is 0 Å². The fraction of sp³-hybridized carbons (Fsp3) is 0.655. The first-order valence-electron chi connectivity index (χ1n) is 13.2. The molecule has 194 valence electrons. The Balaban J connectivity index is 1.96. The van der Waals surface area contributed by atoms with Crippen molar-refractivity contribution in [3.63, 3.8) is 0 Å². The molecule has 0 N–H and O–H groups in total. The molecule has 0 saturated heterocycles. The summed E-state index contributed by atoms with van der Waals surface area (Å²) < 4.78 is 6.71. The zero-order chi connectivity index (χ0) is 26.1. The van der Waals surface area contributed by atoms with Crippen LogP contribution in [-0.4, -0.2) is 45.8 Å². The number of fused-ring (bicyclic) bond motifs is 4. The zero-order valence-electron chi connectivity index (χ0n) is 23.9. The standard InChI is InChI=1S/C29H48N4OSi/c1-11-28(5,6)32-18-23-14-12-16-25(30-23)20-33(21-26-17-13-15-24(19-32)31-26)29(7,8)22-34-35(9,10)27(2,3)4/h12-17H,11,18-22H2,1-10H3. The van der Waals surface area contributed by atoms with Gasteiger partial charge in [-0.25, -0.2) is 0 Å². The van der Waals surface area contributed by atoms with Crippen molar-refractivity contribution in [3.05, 3.63) is 59.2 Å². The van der Waals surface area contributed by atoms with Crippen LogP contribution in [0, 0.1) is 0 Å². The number of nitrogens with zero attached hydrogens (tertiary/aromatic N) is 4. The van der Waals surface area contributed by atoms with Crippen molar-refractivity contribution in [1.82, 2.24) is 19.8 Å². The molecule has 0 aliphatic carbocycles. The third-order valence-corrected chi connectivity index (χ3v) is 12.8. The van der Waals surface area contributed by atoms with Crippen LogP contribution in [0.1, 0.15) is 84.6 Å². The molecule has 35 heavy (non-hydrogen) atoms. The molecule has 3 heterocycles. The van der Waals surface area contributed by atoms with Crippen LogP contribution in [-0.2, 0) is 30.6 Å². The molecule has 0 saturated carbocycles. The summed E-state index contributed by atoms with van der Waals surface area (Å²) >= 11 is 0. The molecular weight excluding hydrogens is 448 g/mol. The third-order valence-electron chi connectivity index (χ3n) is 8.31. The number of hydrogen-bond acceptors (Lipinski definition) is 5. The first-order valence-corrected chi connectivity index (χ1v) is 16.1. The van der Waals surface area contributed by atoms with E-state index < -0.39 is 8.32 Å². The summed E-state index contributed by atoms with van der Waals surface area (Å²) in [5.41, 5.74) is 4.36. The topological polar surface area (TPSA) is 41.5 Å². The average molecular weight is 497 g/mol. The number of pyridine rings is 2. The van der Waals surface area contributed by atoms with Gasteiger partial charge in [-0.3, -0.25) is 19.8 Å². The van der Waals surface area contributed by atoms with Crippen LogP contribution in [0.2, 0.25) is 18.1 Å². The minimum absolute atomic E-state index is 0.0641. The second-order valence-corrected chi connectivity index (χ2v) is 17.8. The van der Waals surface area contributed by atoms with E-state index in [1.54, 1.807) is 0 Å². The summed E-state index contributed by atoms with van der Waals surface area (Å²) in [7, 11) is -1.85. The van der Waals surface area contributed by atoms with Crippen LogP contribution in [0.15, 0.2) is 36.4 Å². The Kier molecular flexibility index (Phi) is 8.32. The fourth-order valence-corrected chi connectivity index (χ4v) is 5.20. The zero-order valence-corrected chi connectivity index (χ0v) is 24.9. The van der Waals surface area contributed by atoms with E-state index in [9.17, 15) is 0 Å². The lowest BCUT2D eigenvalue weighted by Crippen LogP contribution is -2.51. The highest BCUT2D eigenvalue weighted by Crippen LogP contribution is 2.37. The van der Waals surface area contributed by atoms with Crippen molar-refractivity contribution in [2.24, 2.45) is 0 Å². The van der Waals surface area contributed by atoms with E-state index in [-0.39, 0.29) is 16.1 Å². The highest BCUT2D eigenvalue weighted by Gasteiger charge is 2.40. The highest BCUT2D eigenvalue weighted by molar-refractivity contribution is 6.74. The summed E-state index contributed by atoms with van der Waals surface area (Å²) in [5, 5.41) is 0.189. The largest absolute Gasteiger partial charge is 0.415 e. The normalized spacial score (nSPS) is 17.1. The molecule has 1 aliphatic heterocycles. The van der Waals surface area contributed by atoms with Crippen molar-refractivity contribution in [2.75, 3.05) is 6.61 Å². The number of hydrogen-bond donors (Lipinski definition) is 0. The van der Waals surface area contributed by atoms with Gasteiger partial charge in [-0.2, -0.15) is 0 Å². The molecule has 0 spiro atoms. The van der Waals surface area contributed by atoms with Gasteiger partial charge in [0.15, 0.2) is 8.32 Å². The van der Waals surface area contributed by atoms with Gasteiger partial charge in [0, 0.05) is 37.3 Å². The lowest BCUT2D eigenvalue weighted by Gasteiger charge is -2.43. The molecule has 3 rings (SSSR count). The maximum atomic E-state index is 6.71. The molecule has 5 nitrogen and oxygen atoms in total. The fourth-order valence-electron chi connectivity index (χ4n) is 4.05. The van der Waals surface area contributed by atoms with Crippen molar-refractivity contribution < 1.29 is 4.43 Å². The van der Waals surface area contributed by atoms with Gasteiger partial charge in [0.05, 0.1) is 29.4 Å². The van der Waals surface area contributed by atoms with Crippen molar-refractivity contribution in [2.45, 2.75) is 117 Å². The lowest BCUT2D eigenvalue weighted by atomic mass is 9.98. The smallest absolute Gasteiger partial charge is 0.192 e. The monoisotopic (exact) mass is 496 g/mol. The Morgan fingerprint density at radius 3 is 1.43 bits per heavy atom. The Morgan fingerprint density at radius 2 is 1.09 bits per heavy atom. The molecular formula is C29H48N4OSi. The van der Waals surface area contributed by atoms with Crippen LogP contribution < -0.4 is 0 Å². The van der Waals surface area contributed by atoms with Gasteiger partial charge in [0.1, 0.15) is 0 Å². The van der Waals surface area contributed by atoms with Gasteiger partial charge in [0.25, 0.3) is 0 Å². The molecule has 0 amide bonds. The second kappa shape index (κ2) is 10.4. The number of rotatable bonds is 6. The first-order chi connectivity index (χ1) is 16.1. The summed E-state index contributed by atoms with van der Waals surface area (Å²) in [6, 6.07) is 13.0. The Morgan fingerprint density at radius 1 is 0.714 bits per heavy atom. The third kappa shape index (κ3) is 7.00. The van der Waals surface area contributed by atoms with Crippen LogP contribution in [0.5, 0.6) is 0 Å². The van der Waals surface area contributed by atoms with E-state index in [4.69, 9.17) is 14.4 Å². The maximum Gasteiger partial charge on any atom is 0.192 e. The van der Waals surface area contributed by atoms with Crippen molar-refractivity contribution in [3.8, 4) is 0 Å². The van der Waals surface area contributed by atoms with Crippen LogP contribution in [0.3, 0.4) is 0 Å². The number of aromatic nitrogens is 2. The average Bonchev–Trinajstić information content (AvgIpc) is 2.76. The van der Waals surface area contributed by atoms with E-state index in [0.717, 1.165) is 55.4 Å². The highest BCUT2D eigenvalue weighted by atomic mass is 28.4. The van der Waals surface area contributed by atoms with Crippen LogP contribution in [0.25, 0.3) is 0 Å². The Labute approximate surface area is 215 Å². The molecule has 6 heteroatoms. The van der Waals surface area contributed by atoms with E-state index >= 15 is 0 Å². The van der Waals surface area contributed by atoms with Crippen LogP contribution in [0.4, 0.5) is 0 Å². The molecule has 0 atom stereocenters. The SMILES string of the molecule is CCC(C)(C)N1Cc2cccc(n2)CN(C(C)(C)CO[Si](C)(C)C(C)(C)C)Cc2cccc(n2)C1. The molecule has 2 aromatic rings. The first kappa shape index (κ1) is 28.0. The molecule has 4 bridgehead atoms. The van der Waals surface area contributed by atoms with E-state index in [1.807, 2.05) is 0 Å². The van der Waals surface area contributed by atoms with E-state index in [2.05, 4.69) is 115 Å². The van der Waals surface area contributed by atoms with Gasteiger partial charge in [0.2, 0.25) is 0 Å². The minimum Gasteiger partial charge on any atom is -0.415 e. The summed E-state index contributed by atoms with van der Waals surface area (Å²) in [6.45, 7) is 26.9. The van der Waals surface area contributed by atoms with Gasteiger partial charge in [-0.15, -0.1) is 0 Å². The molecule has 0 radical (unpaired) electrons. The van der Waals surface area contributed by atoms with Gasteiger partial charge >= 0.3 is 0 Å². The molecule has 0 aromatic carbocycles. The van der Waals surface area contributed by atoms with Gasteiger partial charge in [-0.1, -0.05) is 39.8 Å². The predicted octanol–water partition coefficient (Wildman–Crippen LogP) is 6.78. The van der Waals surface area contributed by atoms with Crippen molar-refractivity contribution >= 4 is 8.32 Å². The lowest BCUT2D eigenvalue weighted by molar-refractivity contribution is 0.0455. The van der Waals surface area contributed by atoms with Crippen molar-refractivity contribution in [1.29, 1.82) is 0 Å². The van der Waals surface area contributed by atoms with Gasteiger partial charge in [-0.05, 0) is 76.5 Å². The predicted molar refractivity (Wildman–Crippen MR) is 149 cm³/mol. The Bertz CT molecular complexity index is 945. The minimum atomic E-state index is -1.85. The molecule has 2 aromatic heterocycles. The quantitative estimate of drug-likeness (QED) is 0.412. The Hall–Kier alpha value is -1.60. The van der Waals surface area contributed by atoms with Gasteiger partial charge < -0.3 is 4.43 Å². The summed E-state index contributed by atoms with van der Waals surface area (Å²) in [6.07, 6.45) is 1.07. The molecule has 1 aliphatic rings. The van der Waals surface area contributed by atoms with E-state index in [0.29, 0.717) is 6.61 Å². The second-order valence-electron chi connectivity index (χ2n) is 13.0. The maximum absolute atomic E-state index is 6.71. The van der Waals surface area contributed by atoms with Crippen LogP contribution >= 0.6 is 0 Å². The summed E-state index contributed by atoms with van der Waals surface area (Å²) in [5.74, 6) is 0. The molecule has 0 unspecified atom stereocenters.